The molecule has 0 bridgehead atoms. The summed E-state index contributed by atoms with van der Waals surface area (Å²) in [6, 6.07) is 0.665. The maximum absolute atomic E-state index is 9.57. The molecule has 0 saturated heterocycles. The molecule has 1 spiro atoms. The second-order valence-electron chi connectivity index (χ2n) is 7.57. The quantitative estimate of drug-likeness (QED) is 0.791. The molecule has 0 amide bonds. The van der Waals surface area contributed by atoms with E-state index >= 15 is 0 Å². The Bertz CT molecular complexity index is 327. The van der Waals surface area contributed by atoms with Crippen molar-refractivity contribution in [3.8, 4) is 0 Å². The van der Waals surface area contributed by atoms with E-state index in [1.165, 1.54) is 57.8 Å². The molecule has 21 heavy (non-hydrogen) atoms. The van der Waals surface area contributed by atoms with Crippen LogP contribution < -0.4 is 5.32 Å². The maximum atomic E-state index is 9.57. The van der Waals surface area contributed by atoms with Crippen LogP contribution in [0.4, 0.5) is 0 Å². The summed E-state index contributed by atoms with van der Waals surface area (Å²) in [6.07, 6.45) is 12.3. The molecule has 3 heteroatoms. The predicted molar refractivity (Wildman–Crippen MR) is 85.3 cm³/mol. The standard InChI is InChI=1S/C18H33NO2/c1-2-21-17-11-16(18(17)9-5-6-10-18)19-12-14-7-3-4-8-15(14)13-20/h14-17,19-20H,2-13H2,1H3. The van der Waals surface area contributed by atoms with Crippen LogP contribution in [0.2, 0.25) is 0 Å². The lowest BCUT2D eigenvalue weighted by atomic mass is 9.60. The molecular weight excluding hydrogens is 262 g/mol. The van der Waals surface area contributed by atoms with E-state index in [-0.39, 0.29) is 0 Å². The van der Waals surface area contributed by atoms with Crippen LogP contribution >= 0.6 is 0 Å². The first-order valence-corrected chi connectivity index (χ1v) is 9.26. The van der Waals surface area contributed by atoms with Gasteiger partial charge >= 0.3 is 0 Å². The highest BCUT2D eigenvalue weighted by atomic mass is 16.5. The van der Waals surface area contributed by atoms with Gasteiger partial charge in [0.2, 0.25) is 0 Å². The van der Waals surface area contributed by atoms with Gasteiger partial charge in [-0.15, -0.1) is 0 Å². The summed E-state index contributed by atoms with van der Waals surface area (Å²) in [5, 5.41) is 13.5. The van der Waals surface area contributed by atoms with Crippen LogP contribution in [0.25, 0.3) is 0 Å². The first-order valence-electron chi connectivity index (χ1n) is 9.26. The molecule has 0 radical (unpaired) electrons. The fraction of sp³-hybridized carbons (Fsp3) is 1.00. The third-order valence-electron chi connectivity index (χ3n) is 6.61. The normalized spacial score (nSPS) is 38.6. The van der Waals surface area contributed by atoms with Crippen molar-refractivity contribution in [2.45, 2.75) is 76.9 Å². The largest absolute Gasteiger partial charge is 0.396 e. The van der Waals surface area contributed by atoms with Crippen LogP contribution in [0, 0.1) is 17.3 Å². The highest BCUT2D eigenvalue weighted by Gasteiger charge is 2.56. The number of nitrogens with one attached hydrogen (secondary N) is 1. The zero-order valence-corrected chi connectivity index (χ0v) is 13.7. The van der Waals surface area contributed by atoms with Crippen LogP contribution in [-0.4, -0.2) is 37.0 Å². The number of hydrogen-bond donors (Lipinski definition) is 2. The monoisotopic (exact) mass is 295 g/mol. The Morgan fingerprint density at radius 1 is 1.10 bits per heavy atom. The third kappa shape index (κ3) is 3.02. The summed E-state index contributed by atoms with van der Waals surface area (Å²) in [7, 11) is 0. The topological polar surface area (TPSA) is 41.5 Å². The number of rotatable bonds is 6. The molecule has 0 heterocycles. The highest BCUT2D eigenvalue weighted by molar-refractivity contribution is 5.10. The molecule has 3 nitrogen and oxygen atoms in total. The van der Waals surface area contributed by atoms with Gasteiger partial charge in [-0.2, -0.15) is 0 Å². The fourth-order valence-corrected chi connectivity index (χ4v) is 5.26. The van der Waals surface area contributed by atoms with Crippen LogP contribution in [0.5, 0.6) is 0 Å². The first kappa shape index (κ1) is 15.8. The number of aliphatic hydroxyl groups is 1. The predicted octanol–water partition coefficient (Wildman–Crippen LogP) is 3.11. The van der Waals surface area contributed by atoms with Gasteiger partial charge in [-0.1, -0.05) is 25.7 Å². The molecule has 3 aliphatic rings. The summed E-state index contributed by atoms with van der Waals surface area (Å²) >= 11 is 0. The van der Waals surface area contributed by atoms with Gasteiger partial charge in [-0.05, 0) is 57.4 Å². The summed E-state index contributed by atoms with van der Waals surface area (Å²) in [5.41, 5.74) is 0.444. The van der Waals surface area contributed by atoms with Gasteiger partial charge in [0.1, 0.15) is 0 Å². The minimum Gasteiger partial charge on any atom is -0.396 e. The molecule has 4 atom stereocenters. The van der Waals surface area contributed by atoms with E-state index < -0.39 is 0 Å². The maximum Gasteiger partial charge on any atom is 0.0661 e. The van der Waals surface area contributed by atoms with Crippen LogP contribution in [0.3, 0.4) is 0 Å². The van der Waals surface area contributed by atoms with Crippen molar-refractivity contribution >= 4 is 0 Å². The van der Waals surface area contributed by atoms with E-state index in [4.69, 9.17) is 4.74 Å². The Balaban J connectivity index is 1.53. The summed E-state index contributed by atoms with van der Waals surface area (Å²) in [4.78, 5) is 0. The van der Waals surface area contributed by atoms with Crippen molar-refractivity contribution < 1.29 is 9.84 Å². The molecule has 3 aliphatic carbocycles. The van der Waals surface area contributed by atoms with Crippen molar-refractivity contribution in [1.29, 1.82) is 0 Å². The Labute approximate surface area is 129 Å². The molecule has 0 aromatic rings. The van der Waals surface area contributed by atoms with Crippen molar-refractivity contribution in [1.82, 2.24) is 5.32 Å². The van der Waals surface area contributed by atoms with Gasteiger partial charge in [0.15, 0.2) is 0 Å². The van der Waals surface area contributed by atoms with Gasteiger partial charge in [0.25, 0.3) is 0 Å². The van der Waals surface area contributed by atoms with Crippen LogP contribution in [0.1, 0.15) is 64.7 Å². The van der Waals surface area contributed by atoms with Gasteiger partial charge in [-0.3, -0.25) is 0 Å². The highest BCUT2D eigenvalue weighted by Crippen LogP contribution is 2.54. The lowest BCUT2D eigenvalue weighted by molar-refractivity contribution is -0.131. The molecule has 4 unspecified atom stereocenters. The number of ether oxygens (including phenoxy) is 1. The average molecular weight is 295 g/mol. The zero-order chi connectivity index (χ0) is 14.7. The van der Waals surface area contributed by atoms with Crippen LogP contribution in [0.15, 0.2) is 0 Å². The van der Waals surface area contributed by atoms with E-state index in [0.29, 0.717) is 36.0 Å². The third-order valence-corrected chi connectivity index (χ3v) is 6.61. The molecule has 2 N–H and O–H groups in total. The van der Waals surface area contributed by atoms with Gasteiger partial charge in [0.05, 0.1) is 6.10 Å². The molecule has 122 valence electrons. The number of hydrogen-bond acceptors (Lipinski definition) is 3. The van der Waals surface area contributed by atoms with E-state index in [2.05, 4.69) is 12.2 Å². The zero-order valence-electron chi connectivity index (χ0n) is 13.7. The number of aliphatic hydroxyl groups excluding tert-OH is 1. The smallest absolute Gasteiger partial charge is 0.0661 e. The van der Waals surface area contributed by atoms with Crippen molar-refractivity contribution in [3.05, 3.63) is 0 Å². The summed E-state index contributed by atoms with van der Waals surface area (Å²) in [6.45, 7) is 4.46. The molecule has 0 aromatic heterocycles. The first-order chi connectivity index (χ1) is 10.3. The van der Waals surface area contributed by atoms with Crippen molar-refractivity contribution in [2.24, 2.45) is 17.3 Å². The average Bonchev–Trinajstić information content (AvgIpc) is 3.03. The Morgan fingerprint density at radius 2 is 1.81 bits per heavy atom. The second-order valence-corrected chi connectivity index (χ2v) is 7.57. The second kappa shape index (κ2) is 6.97. The summed E-state index contributed by atoms with van der Waals surface area (Å²) < 4.78 is 6.00. The molecule has 3 saturated carbocycles. The van der Waals surface area contributed by atoms with Crippen LogP contribution in [-0.2, 0) is 4.74 Å². The van der Waals surface area contributed by atoms with E-state index in [9.17, 15) is 5.11 Å². The Kier molecular flexibility index (Phi) is 5.23. The molecular formula is C18H33NO2. The minimum atomic E-state index is 0.379. The van der Waals surface area contributed by atoms with Crippen molar-refractivity contribution in [2.75, 3.05) is 19.8 Å². The molecule has 3 fully saturated rings. The summed E-state index contributed by atoms with van der Waals surface area (Å²) in [5.74, 6) is 1.22. The fourth-order valence-electron chi connectivity index (χ4n) is 5.26. The Morgan fingerprint density at radius 3 is 2.48 bits per heavy atom. The SMILES string of the molecule is CCOC1CC(NCC2CCCCC2CO)C12CCCC2. The van der Waals surface area contributed by atoms with Gasteiger partial charge < -0.3 is 15.2 Å². The lowest BCUT2D eigenvalue weighted by Gasteiger charge is -2.54. The van der Waals surface area contributed by atoms with Gasteiger partial charge in [0, 0.05) is 24.7 Å². The molecule has 0 aromatic carbocycles. The lowest BCUT2D eigenvalue weighted by Crippen LogP contribution is -2.63. The molecule has 3 rings (SSSR count). The minimum absolute atomic E-state index is 0.379. The van der Waals surface area contributed by atoms with Crippen molar-refractivity contribution in [3.63, 3.8) is 0 Å². The van der Waals surface area contributed by atoms with E-state index in [1.54, 1.807) is 0 Å². The van der Waals surface area contributed by atoms with Gasteiger partial charge in [-0.25, -0.2) is 0 Å². The van der Waals surface area contributed by atoms with E-state index in [0.717, 1.165) is 13.2 Å². The molecule has 0 aliphatic heterocycles. The Hall–Kier alpha value is -0.120. The van der Waals surface area contributed by atoms with E-state index in [1.807, 2.05) is 0 Å².